The van der Waals surface area contributed by atoms with Gasteiger partial charge >= 0.3 is 5.97 Å². The van der Waals surface area contributed by atoms with Gasteiger partial charge in [-0.15, -0.1) is 11.3 Å². The summed E-state index contributed by atoms with van der Waals surface area (Å²) < 4.78 is 4.72. The maximum absolute atomic E-state index is 12.4. The number of amides is 1. The Balaban J connectivity index is 1.82. The molecular formula is C17H13N3O3S. The van der Waals surface area contributed by atoms with Gasteiger partial charge in [0.05, 0.1) is 18.4 Å². The molecule has 0 saturated carbocycles. The number of nitrogens with one attached hydrogen (secondary N) is 1. The van der Waals surface area contributed by atoms with Crippen LogP contribution >= 0.6 is 11.3 Å². The molecule has 0 aliphatic heterocycles. The van der Waals surface area contributed by atoms with Crippen LogP contribution in [0.15, 0.2) is 54.2 Å². The Kier molecular flexibility index (Phi) is 4.62. The number of esters is 1. The van der Waals surface area contributed by atoms with E-state index in [0.29, 0.717) is 10.7 Å². The van der Waals surface area contributed by atoms with Crippen LogP contribution in [0.4, 0.5) is 5.69 Å². The van der Waals surface area contributed by atoms with Gasteiger partial charge in [-0.05, 0) is 24.3 Å². The fourth-order valence-corrected chi connectivity index (χ4v) is 2.86. The molecule has 2 heterocycles. The molecule has 3 rings (SSSR count). The zero-order valence-corrected chi connectivity index (χ0v) is 13.5. The number of rotatable bonds is 4. The lowest BCUT2D eigenvalue weighted by Gasteiger charge is -2.08. The number of hydrogen-bond donors (Lipinski definition) is 1. The van der Waals surface area contributed by atoms with E-state index in [1.807, 2.05) is 12.1 Å². The summed E-state index contributed by atoms with van der Waals surface area (Å²) >= 11 is 1.35. The van der Waals surface area contributed by atoms with Crippen molar-refractivity contribution in [1.82, 2.24) is 9.97 Å². The third kappa shape index (κ3) is 3.31. The number of aromatic nitrogens is 2. The molecule has 0 unspecified atom stereocenters. The second-order valence-electron chi connectivity index (χ2n) is 4.77. The molecule has 0 radical (unpaired) electrons. The monoisotopic (exact) mass is 339 g/mol. The smallest absolute Gasteiger partial charge is 0.339 e. The first-order chi connectivity index (χ1) is 11.7. The van der Waals surface area contributed by atoms with Crippen molar-refractivity contribution < 1.29 is 14.3 Å². The predicted molar refractivity (Wildman–Crippen MR) is 91.1 cm³/mol. The van der Waals surface area contributed by atoms with E-state index in [-0.39, 0.29) is 11.3 Å². The fraction of sp³-hybridized carbons (Fsp3) is 0.0588. The molecule has 120 valence electrons. The molecule has 1 aromatic carbocycles. The molecule has 0 atom stereocenters. The number of pyridine rings is 1. The standard InChI is InChI=1S/C17H13N3O3S/c1-23-17(22)12-6-2-3-7-13(12)19-15(21)14-10-24-16(20-14)11-5-4-8-18-9-11/h2-10H,1H3,(H,19,21). The Bertz CT molecular complexity index is 878. The Morgan fingerprint density at radius 2 is 2.00 bits per heavy atom. The highest BCUT2D eigenvalue weighted by Crippen LogP contribution is 2.23. The van der Waals surface area contributed by atoms with Gasteiger partial charge in [0, 0.05) is 23.3 Å². The SMILES string of the molecule is COC(=O)c1ccccc1NC(=O)c1csc(-c2cccnc2)n1. The van der Waals surface area contributed by atoms with Crippen LogP contribution in [0.2, 0.25) is 0 Å². The Morgan fingerprint density at radius 1 is 1.17 bits per heavy atom. The largest absolute Gasteiger partial charge is 0.465 e. The first kappa shape index (κ1) is 15.8. The van der Waals surface area contributed by atoms with Gasteiger partial charge in [-0.2, -0.15) is 0 Å². The summed E-state index contributed by atoms with van der Waals surface area (Å²) in [5, 5.41) is 5.06. The molecule has 0 bridgehead atoms. The van der Waals surface area contributed by atoms with Crippen molar-refractivity contribution in [3.8, 4) is 10.6 Å². The number of benzene rings is 1. The molecule has 0 fully saturated rings. The molecule has 0 aliphatic carbocycles. The van der Waals surface area contributed by atoms with Crippen molar-refractivity contribution >= 4 is 28.9 Å². The molecule has 24 heavy (non-hydrogen) atoms. The van der Waals surface area contributed by atoms with Crippen LogP contribution in [0.25, 0.3) is 10.6 Å². The van der Waals surface area contributed by atoms with E-state index in [1.165, 1.54) is 18.4 Å². The molecule has 0 saturated heterocycles. The topological polar surface area (TPSA) is 81.2 Å². The van der Waals surface area contributed by atoms with Crippen molar-refractivity contribution in [2.24, 2.45) is 0 Å². The lowest BCUT2D eigenvalue weighted by Crippen LogP contribution is -2.15. The van der Waals surface area contributed by atoms with E-state index in [9.17, 15) is 9.59 Å². The van der Waals surface area contributed by atoms with E-state index < -0.39 is 11.9 Å². The lowest BCUT2D eigenvalue weighted by atomic mass is 10.2. The number of methoxy groups -OCH3 is 1. The van der Waals surface area contributed by atoms with Crippen LogP contribution in [-0.2, 0) is 4.74 Å². The summed E-state index contributed by atoms with van der Waals surface area (Å²) in [4.78, 5) is 32.5. The first-order valence-electron chi connectivity index (χ1n) is 7.03. The maximum atomic E-state index is 12.4. The van der Waals surface area contributed by atoms with E-state index in [0.717, 1.165) is 5.56 Å². The molecule has 1 amide bonds. The highest BCUT2D eigenvalue weighted by Gasteiger charge is 2.16. The van der Waals surface area contributed by atoms with Gasteiger partial charge in [-0.3, -0.25) is 9.78 Å². The number of ether oxygens (including phenoxy) is 1. The quantitative estimate of drug-likeness (QED) is 0.738. The van der Waals surface area contributed by atoms with E-state index in [4.69, 9.17) is 4.74 Å². The third-order valence-corrected chi connectivity index (χ3v) is 4.12. The summed E-state index contributed by atoms with van der Waals surface area (Å²) in [6.07, 6.45) is 3.36. The van der Waals surface area contributed by atoms with Crippen LogP contribution in [0.1, 0.15) is 20.8 Å². The second-order valence-corrected chi connectivity index (χ2v) is 5.63. The van der Waals surface area contributed by atoms with Crippen molar-refractivity contribution in [3.05, 3.63) is 65.4 Å². The first-order valence-corrected chi connectivity index (χ1v) is 7.91. The van der Waals surface area contributed by atoms with E-state index >= 15 is 0 Å². The van der Waals surface area contributed by atoms with Crippen LogP contribution < -0.4 is 5.32 Å². The molecule has 0 aliphatic rings. The summed E-state index contributed by atoms with van der Waals surface area (Å²) in [6, 6.07) is 10.3. The number of carbonyl (C=O) groups is 2. The van der Waals surface area contributed by atoms with Gasteiger partial charge in [0.25, 0.3) is 5.91 Å². The van der Waals surface area contributed by atoms with Gasteiger partial charge in [0.1, 0.15) is 10.7 Å². The fourth-order valence-electron chi connectivity index (χ4n) is 2.07. The zero-order chi connectivity index (χ0) is 16.9. The zero-order valence-electron chi connectivity index (χ0n) is 12.7. The summed E-state index contributed by atoms with van der Waals surface area (Å²) in [5.41, 5.74) is 1.79. The van der Waals surface area contributed by atoms with E-state index in [2.05, 4.69) is 15.3 Å². The maximum Gasteiger partial charge on any atom is 0.339 e. The summed E-state index contributed by atoms with van der Waals surface area (Å²) in [7, 11) is 1.29. The number of anilines is 1. The molecular weight excluding hydrogens is 326 g/mol. The summed E-state index contributed by atoms with van der Waals surface area (Å²) in [5.74, 6) is -0.905. The molecule has 6 nitrogen and oxygen atoms in total. The highest BCUT2D eigenvalue weighted by atomic mass is 32.1. The van der Waals surface area contributed by atoms with Crippen LogP contribution in [0.5, 0.6) is 0 Å². The average molecular weight is 339 g/mol. The van der Waals surface area contributed by atoms with Gasteiger partial charge < -0.3 is 10.1 Å². The molecule has 3 aromatic rings. The molecule has 1 N–H and O–H groups in total. The minimum absolute atomic E-state index is 0.276. The van der Waals surface area contributed by atoms with Crippen molar-refractivity contribution in [3.63, 3.8) is 0 Å². The van der Waals surface area contributed by atoms with Crippen molar-refractivity contribution in [1.29, 1.82) is 0 Å². The lowest BCUT2D eigenvalue weighted by molar-refractivity contribution is 0.0602. The normalized spacial score (nSPS) is 10.2. The van der Waals surface area contributed by atoms with Gasteiger partial charge in [-0.25, -0.2) is 9.78 Å². The Hall–Kier alpha value is -3.06. The van der Waals surface area contributed by atoms with Gasteiger partial charge in [0.2, 0.25) is 0 Å². The van der Waals surface area contributed by atoms with Crippen LogP contribution in [0.3, 0.4) is 0 Å². The second kappa shape index (κ2) is 7.01. The number of thiazole rings is 1. The average Bonchev–Trinajstić information content (AvgIpc) is 3.12. The molecule has 7 heteroatoms. The van der Waals surface area contributed by atoms with Crippen LogP contribution in [-0.4, -0.2) is 29.0 Å². The van der Waals surface area contributed by atoms with Gasteiger partial charge in [0.15, 0.2) is 0 Å². The van der Waals surface area contributed by atoms with Crippen molar-refractivity contribution in [2.75, 3.05) is 12.4 Å². The van der Waals surface area contributed by atoms with Crippen LogP contribution in [0, 0.1) is 0 Å². The minimum atomic E-state index is -0.514. The number of nitrogens with zero attached hydrogens (tertiary/aromatic N) is 2. The number of hydrogen-bond acceptors (Lipinski definition) is 6. The number of carbonyl (C=O) groups excluding carboxylic acids is 2. The minimum Gasteiger partial charge on any atom is -0.465 e. The molecule has 2 aromatic heterocycles. The summed E-state index contributed by atoms with van der Waals surface area (Å²) in [6.45, 7) is 0. The molecule has 0 spiro atoms. The predicted octanol–water partition coefficient (Wildman–Crippen LogP) is 3.24. The van der Waals surface area contributed by atoms with Gasteiger partial charge in [-0.1, -0.05) is 12.1 Å². The third-order valence-electron chi connectivity index (χ3n) is 3.23. The Morgan fingerprint density at radius 3 is 2.75 bits per heavy atom. The van der Waals surface area contributed by atoms with E-state index in [1.54, 1.807) is 42.0 Å². The van der Waals surface area contributed by atoms with Crippen molar-refractivity contribution in [2.45, 2.75) is 0 Å². The Labute approximate surface area is 142 Å². The highest BCUT2D eigenvalue weighted by molar-refractivity contribution is 7.13. The number of para-hydroxylation sites is 1.